The molecule has 2 unspecified atom stereocenters. The molecule has 1 aliphatic carbocycles. The Kier molecular flexibility index (Phi) is 3.33. The molecule has 0 saturated heterocycles. The zero-order valence-electron chi connectivity index (χ0n) is 8.49. The predicted molar refractivity (Wildman–Crippen MR) is 51.0 cm³/mol. The predicted octanol–water partition coefficient (Wildman–Crippen LogP) is 0.511. The van der Waals surface area contributed by atoms with Crippen LogP contribution in [0.5, 0.6) is 0 Å². The van der Waals surface area contributed by atoms with Crippen molar-refractivity contribution in [2.24, 2.45) is 5.92 Å². The topological polar surface area (TPSA) is 69.6 Å². The molecule has 0 radical (unpaired) electrons. The van der Waals surface area contributed by atoms with Gasteiger partial charge in [0.1, 0.15) is 0 Å². The number of nitrogens with zero attached hydrogens (tertiary/aromatic N) is 1. The first kappa shape index (κ1) is 10.8. The Labute approximate surface area is 83.1 Å². The maximum atomic E-state index is 11.2. The normalized spacial score (nSPS) is 25.9. The van der Waals surface area contributed by atoms with Crippen molar-refractivity contribution in [3.05, 3.63) is 0 Å². The van der Waals surface area contributed by atoms with Crippen molar-refractivity contribution in [1.82, 2.24) is 10.2 Å². The maximum absolute atomic E-state index is 11.2. The van der Waals surface area contributed by atoms with Gasteiger partial charge in [-0.25, -0.2) is 4.79 Å². The SMILES string of the molecule is CN(C)C(=O)NC1CCC(C(=O)O)C1. The molecule has 1 aliphatic rings. The molecule has 0 heterocycles. The molecular weight excluding hydrogens is 184 g/mol. The Hall–Kier alpha value is -1.26. The molecule has 1 fully saturated rings. The molecule has 1 rings (SSSR count). The number of carboxylic acids is 1. The summed E-state index contributed by atoms with van der Waals surface area (Å²) in [5, 5.41) is 11.5. The van der Waals surface area contributed by atoms with Crippen LogP contribution in [0.15, 0.2) is 0 Å². The fourth-order valence-electron chi connectivity index (χ4n) is 1.64. The monoisotopic (exact) mass is 200 g/mol. The summed E-state index contributed by atoms with van der Waals surface area (Å²) in [5.41, 5.74) is 0. The first-order chi connectivity index (χ1) is 6.50. The van der Waals surface area contributed by atoms with Crippen molar-refractivity contribution in [3.63, 3.8) is 0 Å². The summed E-state index contributed by atoms with van der Waals surface area (Å²) in [6, 6.07) is -0.132. The smallest absolute Gasteiger partial charge is 0.317 e. The van der Waals surface area contributed by atoms with Gasteiger partial charge in [0.25, 0.3) is 0 Å². The third kappa shape index (κ3) is 2.61. The second-order valence-corrected chi connectivity index (χ2v) is 3.89. The highest BCUT2D eigenvalue weighted by Gasteiger charge is 2.30. The van der Waals surface area contributed by atoms with Gasteiger partial charge < -0.3 is 15.3 Å². The zero-order valence-corrected chi connectivity index (χ0v) is 8.49. The second-order valence-electron chi connectivity index (χ2n) is 3.89. The van der Waals surface area contributed by atoms with Crippen LogP contribution in [0, 0.1) is 5.92 Å². The standard InChI is InChI=1S/C9H16N2O3/c1-11(2)9(14)10-7-4-3-6(5-7)8(12)13/h6-7H,3-5H2,1-2H3,(H,10,14)(H,12,13). The largest absolute Gasteiger partial charge is 0.481 e. The highest BCUT2D eigenvalue weighted by Crippen LogP contribution is 2.25. The molecular formula is C9H16N2O3. The molecule has 0 spiro atoms. The second kappa shape index (κ2) is 4.30. The third-order valence-corrected chi connectivity index (χ3v) is 2.52. The molecule has 2 amide bonds. The first-order valence-corrected chi connectivity index (χ1v) is 4.71. The number of aliphatic carboxylic acids is 1. The molecule has 80 valence electrons. The van der Waals surface area contributed by atoms with Crippen LogP contribution in [0.2, 0.25) is 0 Å². The molecule has 0 aliphatic heterocycles. The third-order valence-electron chi connectivity index (χ3n) is 2.52. The van der Waals surface area contributed by atoms with Crippen LogP contribution in [-0.2, 0) is 4.79 Å². The van der Waals surface area contributed by atoms with E-state index in [4.69, 9.17) is 5.11 Å². The van der Waals surface area contributed by atoms with Crippen LogP contribution >= 0.6 is 0 Å². The van der Waals surface area contributed by atoms with Gasteiger partial charge in [0.15, 0.2) is 0 Å². The quantitative estimate of drug-likeness (QED) is 0.682. The molecule has 0 aromatic rings. The van der Waals surface area contributed by atoms with Crippen LogP contribution in [-0.4, -0.2) is 42.1 Å². The van der Waals surface area contributed by atoms with Gasteiger partial charge in [0.05, 0.1) is 5.92 Å². The van der Waals surface area contributed by atoms with E-state index in [2.05, 4.69) is 5.32 Å². The van der Waals surface area contributed by atoms with E-state index in [9.17, 15) is 9.59 Å². The van der Waals surface area contributed by atoms with Crippen molar-refractivity contribution < 1.29 is 14.7 Å². The van der Waals surface area contributed by atoms with Crippen molar-refractivity contribution in [3.8, 4) is 0 Å². The molecule has 2 atom stereocenters. The number of urea groups is 1. The Bertz CT molecular complexity index is 240. The van der Waals surface area contributed by atoms with Gasteiger partial charge in [-0.15, -0.1) is 0 Å². The Morgan fingerprint density at radius 1 is 1.36 bits per heavy atom. The van der Waals surface area contributed by atoms with Gasteiger partial charge in [0, 0.05) is 20.1 Å². The minimum Gasteiger partial charge on any atom is -0.481 e. The Balaban J connectivity index is 2.36. The number of rotatable bonds is 2. The highest BCUT2D eigenvalue weighted by atomic mass is 16.4. The lowest BCUT2D eigenvalue weighted by Crippen LogP contribution is -2.40. The molecule has 0 aromatic heterocycles. The Morgan fingerprint density at radius 3 is 2.43 bits per heavy atom. The van der Waals surface area contributed by atoms with Gasteiger partial charge >= 0.3 is 12.0 Å². The van der Waals surface area contributed by atoms with Gasteiger partial charge in [-0.1, -0.05) is 0 Å². The number of carboxylic acid groups (broad SMARTS) is 1. The minimum atomic E-state index is -0.758. The highest BCUT2D eigenvalue weighted by molar-refractivity contribution is 5.74. The number of nitrogens with one attached hydrogen (secondary N) is 1. The lowest BCUT2D eigenvalue weighted by Gasteiger charge is -2.16. The van der Waals surface area contributed by atoms with Crippen LogP contribution in [0.1, 0.15) is 19.3 Å². The van der Waals surface area contributed by atoms with Gasteiger partial charge in [-0.05, 0) is 19.3 Å². The van der Waals surface area contributed by atoms with Gasteiger partial charge in [-0.2, -0.15) is 0 Å². The van der Waals surface area contributed by atoms with Crippen molar-refractivity contribution in [2.75, 3.05) is 14.1 Å². The lowest BCUT2D eigenvalue weighted by atomic mass is 10.1. The summed E-state index contributed by atoms with van der Waals surface area (Å²) in [7, 11) is 3.33. The fraction of sp³-hybridized carbons (Fsp3) is 0.778. The van der Waals surface area contributed by atoms with Gasteiger partial charge in [-0.3, -0.25) is 4.79 Å². The maximum Gasteiger partial charge on any atom is 0.317 e. The summed E-state index contributed by atoms with van der Waals surface area (Å²) in [5.74, 6) is -1.05. The molecule has 5 nitrogen and oxygen atoms in total. The number of carbonyl (C=O) groups excluding carboxylic acids is 1. The summed E-state index contributed by atoms with van der Waals surface area (Å²) in [6.07, 6.45) is 1.97. The fourth-order valence-corrected chi connectivity index (χ4v) is 1.64. The minimum absolute atomic E-state index is 0.0194. The first-order valence-electron chi connectivity index (χ1n) is 4.71. The molecule has 14 heavy (non-hydrogen) atoms. The molecule has 0 aromatic carbocycles. The molecule has 1 saturated carbocycles. The summed E-state index contributed by atoms with van der Waals surface area (Å²) in [4.78, 5) is 23.3. The van der Waals surface area contributed by atoms with E-state index >= 15 is 0 Å². The van der Waals surface area contributed by atoms with E-state index in [-0.39, 0.29) is 18.0 Å². The van der Waals surface area contributed by atoms with E-state index in [0.29, 0.717) is 12.8 Å². The van der Waals surface area contributed by atoms with Crippen LogP contribution < -0.4 is 5.32 Å². The van der Waals surface area contributed by atoms with Crippen LogP contribution in [0.25, 0.3) is 0 Å². The number of hydrogen-bond acceptors (Lipinski definition) is 2. The van der Waals surface area contributed by atoms with E-state index in [1.54, 1.807) is 14.1 Å². The molecule has 2 N–H and O–H groups in total. The number of amides is 2. The summed E-state index contributed by atoms with van der Waals surface area (Å²) < 4.78 is 0. The van der Waals surface area contributed by atoms with Crippen molar-refractivity contribution in [1.29, 1.82) is 0 Å². The van der Waals surface area contributed by atoms with Gasteiger partial charge in [0.2, 0.25) is 0 Å². The number of hydrogen-bond donors (Lipinski definition) is 2. The van der Waals surface area contributed by atoms with Crippen LogP contribution in [0.3, 0.4) is 0 Å². The van der Waals surface area contributed by atoms with E-state index in [0.717, 1.165) is 6.42 Å². The summed E-state index contributed by atoms with van der Waals surface area (Å²) >= 11 is 0. The van der Waals surface area contributed by atoms with Crippen LogP contribution in [0.4, 0.5) is 4.79 Å². The van der Waals surface area contributed by atoms with Crippen molar-refractivity contribution in [2.45, 2.75) is 25.3 Å². The van der Waals surface area contributed by atoms with E-state index in [1.165, 1.54) is 4.90 Å². The summed E-state index contributed by atoms with van der Waals surface area (Å²) in [6.45, 7) is 0. The number of carbonyl (C=O) groups is 2. The lowest BCUT2D eigenvalue weighted by molar-refractivity contribution is -0.141. The average molecular weight is 200 g/mol. The van der Waals surface area contributed by atoms with E-state index in [1.807, 2.05) is 0 Å². The zero-order chi connectivity index (χ0) is 10.7. The average Bonchev–Trinajstić information content (AvgIpc) is 2.52. The van der Waals surface area contributed by atoms with E-state index < -0.39 is 5.97 Å². The van der Waals surface area contributed by atoms with Crippen molar-refractivity contribution >= 4 is 12.0 Å². The molecule has 0 bridgehead atoms. The molecule has 5 heteroatoms. The Morgan fingerprint density at radius 2 is 2.00 bits per heavy atom.